The molecule has 0 aliphatic carbocycles. The first-order valence-corrected chi connectivity index (χ1v) is 10.2. The molecule has 2 heterocycles. The molecule has 1 aliphatic heterocycles. The zero-order valence-electron chi connectivity index (χ0n) is 16.4. The average Bonchev–Trinajstić information content (AvgIpc) is 2.71. The van der Waals surface area contributed by atoms with Crippen LogP contribution in [0.25, 0.3) is 10.9 Å². The first kappa shape index (κ1) is 22.0. The molecule has 1 N–H and O–H groups in total. The largest absolute Gasteiger partial charge is 0.573 e. The lowest BCUT2D eigenvalue weighted by atomic mass is 10.0. The fourth-order valence-corrected chi connectivity index (χ4v) is 3.83. The van der Waals surface area contributed by atoms with E-state index in [1.165, 1.54) is 11.5 Å². The monoisotopic (exact) mass is 513 g/mol. The highest BCUT2D eigenvalue weighted by molar-refractivity contribution is 9.10. The molecule has 3 aromatic rings. The number of pyridine rings is 1. The minimum absolute atomic E-state index is 0.0448. The molecule has 1 atom stereocenters. The van der Waals surface area contributed by atoms with Crippen molar-refractivity contribution in [3.05, 3.63) is 62.4 Å². The van der Waals surface area contributed by atoms with Gasteiger partial charge in [0.25, 0.3) is 5.56 Å². The Morgan fingerprint density at radius 3 is 2.59 bits per heavy atom. The van der Waals surface area contributed by atoms with E-state index in [4.69, 9.17) is 9.47 Å². The number of nitrogens with zero attached hydrogens (tertiary/aromatic N) is 1. The zero-order valence-corrected chi connectivity index (χ0v) is 18.0. The Morgan fingerprint density at radius 1 is 1.28 bits per heavy atom. The first-order valence-electron chi connectivity index (χ1n) is 9.37. The summed E-state index contributed by atoms with van der Waals surface area (Å²) in [6.45, 7) is 1.40. The quantitative estimate of drug-likeness (QED) is 0.509. The summed E-state index contributed by atoms with van der Waals surface area (Å²) < 4.78 is 55.3. The van der Waals surface area contributed by atoms with Gasteiger partial charge in [-0.1, -0.05) is 28.1 Å². The predicted octanol–water partition coefficient (Wildman–Crippen LogP) is 4.68. The van der Waals surface area contributed by atoms with Crippen LogP contribution in [0.2, 0.25) is 0 Å². The van der Waals surface area contributed by atoms with Gasteiger partial charge in [0.1, 0.15) is 23.4 Å². The second-order valence-corrected chi connectivity index (χ2v) is 7.80. The molecule has 4 rings (SSSR count). The fourth-order valence-electron chi connectivity index (χ4n) is 3.57. The number of hydrogen-bond acceptors (Lipinski definition) is 6. The molecule has 0 amide bonds. The van der Waals surface area contributed by atoms with Crippen LogP contribution in [0.4, 0.5) is 13.2 Å². The molecule has 7 nitrogen and oxygen atoms in total. The van der Waals surface area contributed by atoms with Crippen LogP contribution in [-0.4, -0.2) is 28.6 Å². The van der Waals surface area contributed by atoms with E-state index in [2.05, 4.69) is 20.7 Å². The summed E-state index contributed by atoms with van der Waals surface area (Å²) in [5.41, 5.74) is -0.828. The number of ether oxygens (including phenoxy) is 3. The van der Waals surface area contributed by atoms with Crippen molar-refractivity contribution in [1.82, 2.24) is 4.57 Å². The number of carbonyl (C=O) groups excluding carboxylic acids is 1. The van der Waals surface area contributed by atoms with Gasteiger partial charge in [-0.05, 0) is 30.7 Å². The van der Waals surface area contributed by atoms with E-state index in [1.54, 1.807) is 24.3 Å². The van der Waals surface area contributed by atoms with Crippen LogP contribution in [0.1, 0.15) is 28.9 Å². The summed E-state index contributed by atoms with van der Waals surface area (Å²) in [5.74, 6) is -2.68. The maximum absolute atomic E-state index is 13.1. The van der Waals surface area contributed by atoms with Crippen LogP contribution in [0.5, 0.6) is 17.2 Å². The molecule has 0 fully saturated rings. The van der Waals surface area contributed by atoms with Gasteiger partial charge in [0, 0.05) is 15.9 Å². The predicted molar refractivity (Wildman–Crippen MR) is 110 cm³/mol. The average molecular weight is 514 g/mol. The van der Waals surface area contributed by atoms with E-state index in [1.807, 2.05) is 0 Å². The Balaban J connectivity index is 1.96. The van der Waals surface area contributed by atoms with Crippen molar-refractivity contribution in [1.29, 1.82) is 0 Å². The van der Waals surface area contributed by atoms with Gasteiger partial charge in [0.15, 0.2) is 5.56 Å². The number of benzene rings is 2. The highest BCUT2D eigenvalue weighted by Crippen LogP contribution is 2.42. The normalized spacial score (nSPS) is 15.3. The lowest BCUT2D eigenvalue weighted by molar-refractivity contribution is -0.274. The maximum Gasteiger partial charge on any atom is 0.573 e. The third kappa shape index (κ3) is 3.99. The van der Waals surface area contributed by atoms with Gasteiger partial charge in [-0.3, -0.25) is 9.36 Å². The van der Waals surface area contributed by atoms with Crippen molar-refractivity contribution < 1.29 is 37.3 Å². The van der Waals surface area contributed by atoms with E-state index < -0.39 is 41.1 Å². The number of aromatic hydroxyl groups is 1. The van der Waals surface area contributed by atoms with E-state index in [0.29, 0.717) is 5.56 Å². The smallest absolute Gasteiger partial charge is 0.506 e. The Labute approximate surface area is 187 Å². The van der Waals surface area contributed by atoms with Crippen LogP contribution < -0.4 is 15.0 Å². The molecule has 1 aromatic heterocycles. The summed E-state index contributed by atoms with van der Waals surface area (Å²) in [4.78, 5) is 25.5. The van der Waals surface area contributed by atoms with Gasteiger partial charge in [0.2, 0.25) is 0 Å². The fraction of sp³-hybridized carbons (Fsp3) is 0.238. The van der Waals surface area contributed by atoms with Crippen molar-refractivity contribution in [2.75, 3.05) is 6.61 Å². The molecule has 32 heavy (non-hydrogen) atoms. The molecule has 0 saturated carbocycles. The van der Waals surface area contributed by atoms with E-state index in [-0.39, 0.29) is 29.8 Å². The summed E-state index contributed by atoms with van der Waals surface area (Å²) >= 11 is 3.32. The number of rotatable bonds is 4. The number of carbonyl (C=O) groups is 1. The SMILES string of the molecule is CCOC(=O)c1c(O)c2cc(OC(F)(F)F)cc3c2n(c1=O)CC(c1ccc(Br)cc1)O3. The highest BCUT2D eigenvalue weighted by atomic mass is 79.9. The second-order valence-electron chi connectivity index (χ2n) is 6.88. The van der Waals surface area contributed by atoms with E-state index in [0.717, 1.165) is 16.6 Å². The van der Waals surface area contributed by atoms with Crippen molar-refractivity contribution in [3.63, 3.8) is 0 Å². The molecule has 0 bridgehead atoms. The molecule has 0 spiro atoms. The van der Waals surface area contributed by atoms with Crippen LogP contribution >= 0.6 is 15.9 Å². The molecule has 2 aromatic carbocycles. The van der Waals surface area contributed by atoms with Crippen molar-refractivity contribution in [3.8, 4) is 17.2 Å². The lowest BCUT2D eigenvalue weighted by Crippen LogP contribution is -2.33. The van der Waals surface area contributed by atoms with Crippen LogP contribution in [-0.2, 0) is 11.3 Å². The zero-order chi connectivity index (χ0) is 23.2. The number of aromatic nitrogens is 1. The molecule has 1 aliphatic rings. The first-order chi connectivity index (χ1) is 15.1. The molecular formula is C21H15BrF3NO6. The highest BCUT2D eigenvalue weighted by Gasteiger charge is 2.35. The van der Waals surface area contributed by atoms with Gasteiger partial charge < -0.3 is 19.3 Å². The molecule has 0 radical (unpaired) electrons. The van der Waals surface area contributed by atoms with Crippen LogP contribution in [0.3, 0.4) is 0 Å². The van der Waals surface area contributed by atoms with Crippen molar-refractivity contribution in [2.24, 2.45) is 0 Å². The molecular weight excluding hydrogens is 499 g/mol. The second kappa shape index (κ2) is 8.05. The minimum atomic E-state index is -5.01. The van der Waals surface area contributed by atoms with Crippen LogP contribution in [0.15, 0.2) is 45.7 Å². The summed E-state index contributed by atoms with van der Waals surface area (Å²) in [6.07, 6.45) is -5.76. The number of halogens is 4. The maximum atomic E-state index is 13.1. The third-order valence-corrected chi connectivity index (χ3v) is 5.37. The van der Waals surface area contributed by atoms with Gasteiger partial charge in [0.05, 0.1) is 18.7 Å². The Morgan fingerprint density at radius 2 is 1.97 bits per heavy atom. The van der Waals surface area contributed by atoms with E-state index >= 15 is 0 Å². The third-order valence-electron chi connectivity index (χ3n) is 4.84. The molecule has 0 saturated heterocycles. The number of esters is 1. The summed E-state index contributed by atoms with van der Waals surface area (Å²) in [6, 6.07) is 8.83. The molecule has 168 valence electrons. The van der Waals surface area contributed by atoms with Crippen LogP contribution in [0, 0.1) is 0 Å². The number of hydrogen-bond donors (Lipinski definition) is 1. The lowest BCUT2D eigenvalue weighted by Gasteiger charge is -2.29. The summed E-state index contributed by atoms with van der Waals surface area (Å²) in [5, 5.41) is 10.4. The summed E-state index contributed by atoms with van der Waals surface area (Å²) in [7, 11) is 0. The van der Waals surface area contributed by atoms with Crippen molar-refractivity contribution in [2.45, 2.75) is 25.9 Å². The van der Waals surface area contributed by atoms with Gasteiger partial charge in [-0.15, -0.1) is 13.2 Å². The Bertz CT molecular complexity index is 1270. The van der Waals surface area contributed by atoms with E-state index in [9.17, 15) is 27.9 Å². The van der Waals surface area contributed by atoms with Gasteiger partial charge in [-0.25, -0.2) is 4.79 Å². The Hall–Kier alpha value is -3.21. The molecule has 1 unspecified atom stereocenters. The molecule has 11 heteroatoms. The van der Waals surface area contributed by atoms with Gasteiger partial charge >= 0.3 is 12.3 Å². The number of alkyl halides is 3. The topological polar surface area (TPSA) is 87.0 Å². The standard InChI is InChI=1S/C21H15BrF3NO6/c1-2-30-20(29)16-18(27)13-7-12(32-21(23,24)25)8-14-17(13)26(19(16)28)9-15(31-14)10-3-5-11(22)6-4-10/h3-8,15,27H,2,9H2,1H3. The Kier molecular flexibility index (Phi) is 5.53. The minimum Gasteiger partial charge on any atom is -0.506 e. The van der Waals surface area contributed by atoms with Crippen molar-refractivity contribution >= 4 is 32.8 Å². The van der Waals surface area contributed by atoms with Gasteiger partial charge in [-0.2, -0.15) is 0 Å².